The van der Waals surface area contributed by atoms with Crippen molar-refractivity contribution in [3.05, 3.63) is 23.8 Å². The molecule has 0 unspecified atom stereocenters. The molecule has 2 aliphatic rings. The van der Waals surface area contributed by atoms with Crippen LogP contribution in [0.5, 0.6) is 0 Å². The Balaban J connectivity index is 1.79. The number of nitrogens with zero attached hydrogens (tertiary/aromatic N) is 1. The van der Waals surface area contributed by atoms with E-state index in [-0.39, 0.29) is 17.7 Å². The van der Waals surface area contributed by atoms with Gasteiger partial charge in [-0.15, -0.1) is 0 Å². The molecule has 1 N–H and O–H groups in total. The van der Waals surface area contributed by atoms with Gasteiger partial charge in [-0.25, -0.2) is 0 Å². The molecular weight excluding hydrogens is 240 g/mol. The highest BCUT2D eigenvalue weighted by Gasteiger charge is 2.36. The van der Waals surface area contributed by atoms with Crippen molar-refractivity contribution in [1.82, 2.24) is 0 Å². The normalized spacial score (nSPS) is 17.2. The third kappa shape index (κ3) is 2.35. The number of nitrogens with one attached hydrogen (secondary N) is 1. The van der Waals surface area contributed by atoms with Gasteiger partial charge in [0, 0.05) is 30.3 Å². The smallest absolute Gasteiger partial charge is 0.230 e. The number of benzene rings is 1. The van der Waals surface area contributed by atoms with Crippen LogP contribution < -0.4 is 10.2 Å². The molecule has 0 atom stereocenters. The Labute approximate surface area is 112 Å². The maximum absolute atomic E-state index is 12.1. The molecular formula is C15H18N2O2. The van der Waals surface area contributed by atoms with Gasteiger partial charge in [-0.3, -0.25) is 9.59 Å². The van der Waals surface area contributed by atoms with Crippen LogP contribution in [0.15, 0.2) is 18.2 Å². The molecule has 0 spiro atoms. The zero-order valence-electron chi connectivity index (χ0n) is 11.1. The minimum atomic E-state index is 0.0175. The molecule has 0 bridgehead atoms. The minimum absolute atomic E-state index is 0.0175. The van der Waals surface area contributed by atoms with Crippen molar-refractivity contribution >= 4 is 23.2 Å². The molecule has 0 saturated heterocycles. The van der Waals surface area contributed by atoms with Crippen LogP contribution >= 0.6 is 0 Å². The van der Waals surface area contributed by atoms with Gasteiger partial charge in [0.2, 0.25) is 11.8 Å². The van der Waals surface area contributed by atoms with Gasteiger partial charge in [0.15, 0.2) is 0 Å². The third-order valence-corrected chi connectivity index (χ3v) is 3.77. The van der Waals surface area contributed by atoms with E-state index in [9.17, 15) is 9.59 Å². The van der Waals surface area contributed by atoms with Crippen LogP contribution in [0.25, 0.3) is 0 Å². The molecule has 4 heteroatoms. The molecule has 4 nitrogen and oxygen atoms in total. The molecule has 1 fully saturated rings. The first-order valence-corrected chi connectivity index (χ1v) is 6.93. The molecule has 1 aromatic rings. The number of rotatable bonds is 3. The van der Waals surface area contributed by atoms with Gasteiger partial charge < -0.3 is 10.2 Å². The molecule has 0 aromatic heterocycles. The maximum Gasteiger partial charge on any atom is 0.230 e. The fraction of sp³-hybridized carbons (Fsp3) is 0.467. The second-order valence-electron chi connectivity index (χ2n) is 5.26. The summed E-state index contributed by atoms with van der Waals surface area (Å²) in [6, 6.07) is 5.82. The first-order chi connectivity index (χ1) is 9.19. The third-order valence-electron chi connectivity index (χ3n) is 3.77. The van der Waals surface area contributed by atoms with E-state index in [2.05, 4.69) is 5.32 Å². The number of hydrogen-bond donors (Lipinski definition) is 1. The Morgan fingerprint density at radius 3 is 2.84 bits per heavy atom. The van der Waals surface area contributed by atoms with Crippen molar-refractivity contribution < 1.29 is 9.59 Å². The maximum atomic E-state index is 12.1. The van der Waals surface area contributed by atoms with Crippen molar-refractivity contribution in [2.24, 2.45) is 5.92 Å². The van der Waals surface area contributed by atoms with Crippen LogP contribution in [0, 0.1) is 5.92 Å². The summed E-state index contributed by atoms with van der Waals surface area (Å²) in [7, 11) is 0. The van der Waals surface area contributed by atoms with E-state index >= 15 is 0 Å². The molecule has 1 heterocycles. The lowest BCUT2D eigenvalue weighted by Crippen LogP contribution is -2.30. The number of amides is 2. The first-order valence-electron chi connectivity index (χ1n) is 6.93. The molecule has 100 valence electrons. The topological polar surface area (TPSA) is 49.4 Å². The van der Waals surface area contributed by atoms with Crippen LogP contribution in [0.3, 0.4) is 0 Å². The van der Waals surface area contributed by atoms with E-state index < -0.39 is 0 Å². The summed E-state index contributed by atoms with van der Waals surface area (Å²) in [4.78, 5) is 25.4. The Morgan fingerprint density at radius 2 is 2.16 bits per heavy atom. The monoisotopic (exact) mass is 258 g/mol. The summed E-state index contributed by atoms with van der Waals surface area (Å²) in [5.74, 6) is 0.540. The lowest BCUT2D eigenvalue weighted by atomic mass is 10.1. The van der Waals surface area contributed by atoms with Crippen molar-refractivity contribution in [2.75, 3.05) is 16.8 Å². The molecule has 1 aromatic carbocycles. The molecule has 1 aliphatic heterocycles. The van der Waals surface area contributed by atoms with Crippen molar-refractivity contribution in [1.29, 1.82) is 0 Å². The second-order valence-corrected chi connectivity index (χ2v) is 5.26. The van der Waals surface area contributed by atoms with Crippen LogP contribution in [-0.2, 0) is 16.0 Å². The predicted octanol–water partition coefficient (Wildman–Crippen LogP) is 2.33. The van der Waals surface area contributed by atoms with E-state index in [1.807, 2.05) is 30.0 Å². The number of hydrogen-bond acceptors (Lipinski definition) is 2. The predicted molar refractivity (Wildman–Crippen MR) is 74.1 cm³/mol. The van der Waals surface area contributed by atoms with Crippen LogP contribution in [-0.4, -0.2) is 18.4 Å². The second kappa shape index (κ2) is 4.68. The average Bonchev–Trinajstić information content (AvgIpc) is 3.18. The van der Waals surface area contributed by atoms with E-state index in [1.165, 1.54) is 0 Å². The Bertz CT molecular complexity index is 535. The highest BCUT2D eigenvalue weighted by molar-refractivity contribution is 5.99. The van der Waals surface area contributed by atoms with Gasteiger partial charge in [0.25, 0.3) is 0 Å². The highest BCUT2D eigenvalue weighted by Crippen LogP contribution is 2.37. The highest BCUT2D eigenvalue weighted by atomic mass is 16.2. The van der Waals surface area contributed by atoms with Gasteiger partial charge in [-0.2, -0.15) is 0 Å². The summed E-state index contributed by atoms with van der Waals surface area (Å²) >= 11 is 0. The first kappa shape index (κ1) is 12.2. The van der Waals surface area contributed by atoms with E-state index in [0.717, 1.165) is 42.7 Å². The van der Waals surface area contributed by atoms with E-state index in [0.29, 0.717) is 6.42 Å². The van der Waals surface area contributed by atoms with Crippen molar-refractivity contribution in [3.8, 4) is 0 Å². The van der Waals surface area contributed by atoms with Crippen LogP contribution in [0.2, 0.25) is 0 Å². The Kier molecular flexibility index (Phi) is 3.01. The summed E-state index contributed by atoms with van der Waals surface area (Å²) in [6.45, 7) is 2.61. The Morgan fingerprint density at radius 1 is 1.37 bits per heavy atom. The number of carbonyl (C=O) groups excluding carboxylic acids is 2. The van der Waals surface area contributed by atoms with Crippen molar-refractivity contribution in [3.63, 3.8) is 0 Å². The average molecular weight is 258 g/mol. The Hall–Kier alpha value is -1.84. The number of carbonyl (C=O) groups is 2. The van der Waals surface area contributed by atoms with Gasteiger partial charge in [0.05, 0.1) is 0 Å². The molecule has 2 amide bonds. The molecule has 19 heavy (non-hydrogen) atoms. The molecule has 1 aliphatic carbocycles. The summed E-state index contributed by atoms with van der Waals surface area (Å²) < 4.78 is 0. The van der Waals surface area contributed by atoms with E-state index in [1.54, 1.807) is 0 Å². The SMILES string of the molecule is CCC(=O)Nc1ccc2c(c1)CCN2C(=O)C1CC1. The van der Waals surface area contributed by atoms with E-state index in [4.69, 9.17) is 0 Å². The zero-order valence-corrected chi connectivity index (χ0v) is 11.1. The molecule has 3 rings (SSSR count). The molecule has 0 radical (unpaired) electrons. The van der Waals surface area contributed by atoms with Gasteiger partial charge >= 0.3 is 0 Å². The van der Waals surface area contributed by atoms with Gasteiger partial charge in [-0.1, -0.05) is 6.92 Å². The lowest BCUT2D eigenvalue weighted by molar-refractivity contribution is -0.119. The fourth-order valence-electron chi connectivity index (χ4n) is 2.51. The zero-order chi connectivity index (χ0) is 13.4. The van der Waals surface area contributed by atoms with Crippen LogP contribution in [0.1, 0.15) is 31.7 Å². The summed E-state index contributed by atoms with van der Waals surface area (Å²) in [6.07, 6.45) is 3.43. The quantitative estimate of drug-likeness (QED) is 0.904. The van der Waals surface area contributed by atoms with Crippen LogP contribution in [0.4, 0.5) is 11.4 Å². The number of anilines is 2. The largest absolute Gasteiger partial charge is 0.326 e. The molecule has 1 saturated carbocycles. The summed E-state index contributed by atoms with van der Waals surface area (Å²) in [5.41, 5.74) is 3.00. The lowest BCUT2D eigenvalue weighted by Gasteiger charge is -2.17. The van der Waals surface area contributed by atoms with Crippen molar-refractivity contribution in [2.45, 2.75) is 32.6 Å². The van der Waals surface area contributed by atoms with Gasteiger partial charge in [0.1, 0.15) is 0 Å². The standard InChI is InChI=1S/C15H18N2O2/c1-2-14(18)16-12-5-6-13-11(9-12)7-8-17(13)15(19)10-3-4-10/h5-6,9-10H,2-4,7-8H2,1H3,(H,16,18). The van der Waals surface area contributed by atoms with Gasteiger partial charge in [-0.05, 0) is 43.0 Å². The summed E-state index contributed by atoms with van der Waals surface area (Å²) in [5, 5.41) is 2.86. The fourth-order valence-corrected chi connectivity index (χ4v) is 2.51. The number of fused-ring (bicyclic) bond motifs is 1. The minimum Gasteiger partial charge on any atom is -0.326 e.